The predicted molar refractivity (Wildman–Crippen MR) is 81.4 cm³/mol. The Morgan fingerprint density at radius 2 is 1.95 bits per heavy atom. The van der Waals surface area contributed by atoms with Gasteiger partial charge in [0.1, 0.15) is 0 Å². The number of hydrogen-bond acceptors (Lipinski definition) is 4. The van der Waals surface area contributed by atoms with E-state index in [1.54, 1.807) is 12.1 Å². The third-order valence-corrected chi connectivity index (χ3v) is 4.96. The first-order valence-electron chi connectivity index (χ1n) is 7.92. The highest BCUT2D eigenvalue weighted by atomic mass is 16.3. The van der Waals surface area contributed by atoms with E-state index in [1.807, 2.05) is 0 Å². The molecule has 0 radical (unpaired) electrons. The van der Waals surface area contributed by atoms with Crippen molar-refractivity contribution in [2.45, 2.75) is 45.3 Å². The molecule has 0 aromatic heterocycles. The Bertz CT molecular complexity index is 529. The number of benzene rings is 1. The van der Waals surface area contributed by atoms with Crippen LogP contribution in [0.1, 0.15) is 43.9 Å². The molecule has 116 valence electrons. The number of aromatic hydroxyl groups is 2. The van der Waals surface area contributed by atoms with Gasteiger partial charge in [0.15, 0.2) is 11.5 Å². The van der Waals surface area contributed by atoms with Crippen molar-refractivity contribution in [3.63, 3.8) is 0 Å². The normalized spacial score (nSPS) is 29.2. The number of nitrogens with zero attached hydrogens (tertiary/aromatic N) is 1. The van der Waals surface area contributed by atoms with Crippen molar-refractivity contribution in [2.24, 2.45) is 11.8 Å². The first-order valence-corrected chi connectivity index (χ1v) is 7.92. The zero-order valence-corrected chi connectivity index (χ0v) is 12.8. The molecule has 2 aliphatic rings. The smallest absolute Gasteiger partial charge is 0.157 e. The zero-order chi connectivity index (χ0) is 15.1. The van der Waals surface area contributed by atoms with E-state index in [9.17, 15) is 15.3 Å². The number of hydrogen-bond donors (Lipinski definition) is 3. The average Bonchev–Trinajstić information content (AvgIpc) is 2.41. The van der Waals surface area contributed by atoms with Gasteiger partial charge in [0.2, 0.25) is 0 Å². The molecule has 4 nitrogen and oxygen atoms in total. The van der Waals surface area contributed by atoms with Gasteiger partial charge in [-0.2, -0.15) is 0 Å². The van der Waals surface area contributed by atoms with E-state index in [0.717, 1.165) is 37.1 Å². The third-order valence-electron chi connectivity index (χ3n) is 4.96. The van der Waals surface area contributed by atoms with Gasteiger partial charge in [-0.3, -0.25) is 4.90 Å². The lowest BCUT2D eigenvalue weighted by Crippen LogP contribution is -2.48. The standard InChI is InChI=1S/C17H25NO3/c1-10(2)5-12-9-18-4-3-11-6-16(20)17(21)7-13(11)14(18)8-15(12)19/h6-7,10,12,14-15,19-21H,3-5,8-9H2,1-2H3/t12?,14-,15-/m1/s1. The number of rotatable bonds is 2. The summed E-state index contributed by atoms with van der Waals surface area (Å²) in [7, 11) is 0. The molecule has 1 unspecified atom stereocenters. The van der Waals surface area contributed by atoms with Crippen LogP contribution >= 0.6 is 0 Å². The Labute approximate surface area is 126 Å². The van der Waals surface area contributed by atoms with Crippen LogP contribution in [0, 0.1) is 11.8 Å². The lowest BCUT2D eigenvalue weighted by atomic mass is 9.79. The van der Waals surface area contributed by atoms with Crippen LogP contribution in [0.4, 0.5) is 0 Å². The van der Waals surface area contributed by atoms with Crippen molar-refractivity contribution in [3.05, 3.63) is 23.3 Å². The maximum atomic E-state index is 10.5. The second kappa shape index (κ2) is 5.50. The largest absolute Gasteiger partial charge is 0.504 e. The van der Waals surface area contributed by atoms with Gasteiger partial charge in [0.25, 0.3) is 0 Å². The van der Waals surface area contributed by atoms with Crippen LogP contribution in [0.15, 0.2) is 12.1 Å². The van der Waals surface area contributed by atoms with Gasteiger partial charge in [0, 0.05) is 19.1 Å². The molecule has 0 aliphatic carbocycles. The Hall–Kier alpha value is -1.26. The van der Waals surface area contributed by atoms with Crippen LogP contribution in [0.3, 0.4) is 0 Å². The quantitative estimate of drug-likeness (QED) is 0.732. The van der Waals surface area contributed by atoms with E-state index in [1.165, 1.54) is 0 Å². The minimum Gasteiger partial charge on any atom is -0.504 e. The third kappa shape index (κ3) is 2.74. The van der Waals surface area contributed by atoms with E-state index in [-0.39, 0.29) is 23.6 Å². The number of aliphatic hydroxyl groups is 1. The van der Waals surface area contributed by atoms with Crippen LogP contribution in [0.5, 0.6) is 11.5 Å². The molecule has 1 fully saturated rings. The molecular weight excluding hydrogens is 266 g/mol. The molecule has 3 rings (SSSR count). The molecule has 1 aromatic carbocycles. The minimum absolute atomic E-state index is 0.0451. The van der Waals surface area contributed by atoms with Crippen molar-refractivity contribution in [3.8, 4) is 11.5 Å². The number of fused-ring (bicyclic) bond motifs is 3. The summed E-state index contributed by atoms with van der Waals surface area (Å²) in [5, 5.41) is 29.9. The van der Waals surface area contributed by atoms with Crippen molar-refractivity contribution in [2.75, 3.05) is 13.1 Å². The summed E-state index contributed by atoms with van der Waals surface area (Å²) in [4.78, 5) is 2.43. The monoisotopic (exact) mass is 291 g/mol. The Kier molecular flexibility index (Phi) is 3.84. The van der Waals surface area contributed by atoms with Crippen LogP contribution in [0.2, 0.25) is 0 Å². The molecule has 0 amide bonds. The summed E-state index contributed by atoms with van der Waals surface area (Å²) in [6.45, 7) is 6.28. The van der Waals surface area contributed by atoms with Gasteiger partial charge >= 0.3 is 0 Å². The number of piperidine rings is 1. The van der Waals surface area contributed by atoms with Gasteiger partial charge in [-0.05, 0) is 54.4 Å². The van der Waals surface area contributed by atoms with Crippen molar-refractivity contribution < 1.29 is 15.3 Å². The van der Waals surface area contributed by atoms with Gasteiger partial charge < -0.3 is 15.3 Å². The SMILES string of the molecule is CC(C)CC1CN2CCc3cc(O)c(O)cc3[C@H]2C[C@H]1O. The van der Waals surface area contributed by atoms with E-state index >= 15 is 0 Å². The molecule has 1 aromatic rings. The van der Waals surface area contributed by atoms with E-state index < -0.39 is 0 Å². The van der Waals surface area contributed by atoms with Crippen LogP contribution in [0.25, 0.3) is 0 Å². The maximum Gasteiger partial charge on any atom is 0.157 e. The first kappa shape index (κ1) is 14.7. The lowest BCUT2D eigenvalue weighted by molar-refractivity contribution is -0.0191. The topological polar surface area (TPSA) is 63.9 Å². The highest BCUT2D eigenvalue weighted by Gasteiger charge is 2.38. The molecule has 4 heteroatoms. The van der Waals surface area contributed by atoms with Crippen LogP contribution in [-0.2, 0) is 6.42 Å². The van der Waals surface area contributed by atoms with E-state index in [4.69, 9.17) is 0 Å². The second-order valence-electron chi connectivity index (χ2n) is 6.99. The van der Waals surface area contributed by atoms with Crippen molar-refractivity contribution in [1.82, 2.24) is 4.90 Å². The second-order valence-corrected chi connectivity index (χ2v) is 6.99. The summed E-state index contributed by atoms with van der Waals surface area (Å²) < 4.78 is 0. The summed E-state index contributed by atoms with van der Waals surface area (Å²) in [5.41, 5.74) is 2.17. The Morgan fingerprint density at radius 1 is 1.24 bits per heavy atom. The van der Waals surface area contributed by atoms with Gasteiger partial charge in [0.05, 0.1) is 6.10 Å². The number of aliphatic hydroxyl groups excluding tert-OH is 1. The predicted octanol–water partition coefficient (Wildman–Crippen LogP) is 2.42. The minimum atomic E-state index is -0.282. The molecular formula is C17H25NO3. The molecule has 3 N–H and O–H groups in total. The summed E-state index contributed by atoms with van der Waals surface area (Å²) in [6, 6.07) is 3.52. The first-order chi connectivity index (χ1) is 9.95. The fourth-order valence-corrected chi connectivity index (χ4v) is 3.96. The van der Waals surface area contributed by atoms with Gasteiger partial charge in [-0.25, -0.2) is 0 Å². The summed E-state index contributed by atoms with van der Waals surface area (Å²) in [6.07, 6.45) is 2.38. The summed E-state index contributed by atoms with van der Waals surface area (Å²) >= 11 is 0. The molecule has 1 saturated heterocycles. The van der Waals surface area contributed by atoms with E-state index in [2.05, 4.69) is 18.7 Å². The number of phenols is 2. The van der Waals surface area contributed by atoms with Crippen LogP contribution < -0.4 is 0 Å². The van der Waals surface area contributed by atoms with Crippen LogP contribution in [-0.4, -0.2) is 39.4 Å². The van der Waals surface area contributed by atoms with Gasteiger partial charge in [-0.15, -0.1) is 0 Å². The lowest BCUT2D eigenvalue weighted by Gasteiger charge is -2.46. The van der Waals surface area contributed by atoms with Crippen molar-refractivity contribution >= 4 is 0 Å². The molecule has 0 spiro atoms. The molecule has 21 heavy (non-hydrogen) atoms. The van der Waals surface area contributed by atoms with Crippen molar-refractivity contribution in [1.29, 1.82) is 0 Å². The number of phenolic OH excluding ortho intramolecular Hbond substituents is 2. The maximum absolute atomic E-state index is 10.5. The highest BCUT2D eigenvalue weighted by Crippen LogP contribution is 2.42. The molecule has 2 heterocycles. The fourth-order valence-electron chi connectivity index (χ4n) is 3.96. The summed E-state index contributed by atoms with van der Waals surface area (Å²) in [5.74, 6) is 0.832. The fraction of sp³-hybridized carbons (Fsp3) is 0.647. The Morgan fingerprint density at radius 3 is 2.67 bits per heavy atom. The average molecular weight is 291 g/mol. The van der Waals surface area contributed by atoms with Gasteiger partial charge in [-0.1, -0.05) is 13.8 Å². The molecule has 0 saturated carbocycles. The zero-order valence-electron chi connectivity index (χ0n) is 12.8. The molecule has 0 bridgehead atoms. The molecule has 3 atom stereocenters. The molecule has 2 aliphatic heterocycles. The Balaban J connectivity index is 1.85. The highest BCUT2D eigenvalue weighted by molar-refractivity contribution is 5.48. The van der Waals surface area contributed by atoms with E-state index in [0.29, 0.717) is 18.3 Å².